The van der Waals surface area contributed by atoms with Crippen molar-refractivity contribution in [1.82, 2.24) is 0 Å². The van der Waals surface area contributed by atoms with E-state index in [1.807, 2.05) is 18.7 Å². The zero-order valence-electron chi connectivity index (χ0n) is 13.0. The molecule has 0 aliphatic carbocycles. The topological polar surface area (TPSA) is 17.1 Å². The van der Waals surface area contributed by atoms with Gasteiger partial charge in [-0.2, -0.15) is 11.8 Å². The van der Waals surface area contributed by atoms with Gasteiger partial charge < -0.3 is 0 Å². The smallest absolute Gasteiger partial charge is 0.163 e. The van der Waals surface area contributed by atoms with Crippen LogP contribution in [0, 0.1) is 6.92 Å². The third-order valence-electron chi connectivity index (χ3n) is 3.18. The third kappa shape index (κ3) is 5.02. The first-order valence-electron chi connectivity index (χ1n) is 6.97. The Bertz CT molecular complexity index is 441. The second kappa shape index (κ2) is 6.60. The van der Waals surface area contributed by atoms with E-state index in [0.717, 1.165) is 16.9 Å². The van der Waals surface area contributed by atoms with Crippen LogP contribution in [0.2, 0.25) is 0 Å². The van der Waals surface area contributed by atoms with Gasteiger partial charge in [0, 0.05) is 17.7 Å². The molecule has 0 heterocycles. The molecule has 1 aromatic carbocycles. The van der Waals surface area contributed by atoms with Crippen LogP contribution in [-0.4, -0.2) is 16.8 Å². The van der Waals surface area contributed by atoms with Crippen LogP contribution < -0.4 is 0 Å². The molecule has 0 spiro atoms. The minimum absolute atomic E-state index is 0.0927. The van der Waals surface area contributed by atoms with Crippen molar-refractivity contribution in [2.45, 2.75) is 58.6 Å². The summed E-state index contributed by atoms with van der Waals surface area (Å²) in [6.07, 6.45) is 0.636. The highest BCUT2D eigenvalue weighted by atomic mass is 32.2. The average Bonchev–Trinajstić information content (AvgIpc) is 2.27. The van der Waals surface area contributed by atoms with Gasteiger partial charge >= 0.3 is 0 Å². The molecule has 1 rings (SSSR count). The Morgan fingerprint density at radius 3 is 2.42 bits per heavy atom. The molecule has 0 saturated heterocycles. The SMILES string of the molecule is Cc1ccc(C(C)(C)C)cc1C(=O)CCSC(C)C. The number of thioether (sulfide) groups is 1. The van der Waals surface area contributed by atoms with Crippen molar-refractivity contribution >= 4 is 17.5 Å². The molecule has 0 aromatic heterocycles. The van der Waals surface area contributed by atoms with E-state index < -0.39 is 0 Å². The van der Waals surface area contributed by atoms with E-state index >= 15 is 0 Å². The zero-order valence-corrected chi connectivity index (χ0v) is 13.9. The van der Waals surface area contributed by atoms with Crippen molar-refractivity contribution in [2.24, 2.45) is 0 Å². The molecule has 0 saturated carbocycles. The summed E-state index contributed by atoms with van der Waals surface area (Å²) < 4.78 is 0. The highest BCUT2D eigenvalue weighted by molar-refractivity contribution is 7.99. The van der Waals surface area contributed by atoms with Crippen LogP contribution in [0.5, 0.6) is 0 Å². The Balaban J connectivity index is 2.84. The number of carbonyl (C=O) groups is 1. The van der Waals surface area contributed by atoms with Crippen LogP contribution in [0.25, 0.3) is 0 Å². The summed E-state index contributed by atoms with van der Waals surface area (Å²) >= 11 is 1.85. The summed E-state index contributed by atoms with van der Waals surface area (Å²) in [7, 11) is 0. The molecule has 106 valence electrons. The van der Waals surface area contributed by atoms with Crippen LogP contribution >= 0.6 is 11.8 Å². The fourth-order valence-electron chi connectivity index (χ4n) is 1.91. The predicted octanol–water partition coefficient (Wildman–Crippen LogP) is 5.01. The quantitative estimate of drug-likeness (QED) is 0.704. The summed E-state index contributed by atoms with van der Waals surface area (Å²) in [4.78, 5) is 12.3. The third-order valence-corrected chi connectivity index (χ3v) is 4.29. The maximum Gasteiger partial charge on any atom is 0.163 e. The fourth-order valence-corrected chi connectivity index (χ4v) is 2.69. The minimum Gasteiger partial charge on any atom is -0.294 e. The van der Waals surface area contributed by atoms with E-state index in [1.54, 1.807) is 0 Å². The van der Waals surface area contributed by atoms with Crippen molar-refractivity contribution in [3.05, 3.63) is 34.9 Å². The summed E-state index contributed by atoms with van der Waals surface area (Å²) in [5, 5.41) is 0.592. The molecule has 19 heavy (non-hydrogen) atoms. The second-order valence-corrected chi connectivity index (χ2v) is 8.06. The fraction of sp³-hybridized carbons (Fsp3) is 0.588. The lowest BCUT2D eigenvalue weighted by molar-refractivity contribution is 0.0989. The van der Waals surface area contributed by atoms with Crippen molar-refractivity contribution in [1.29, 1.82) is 0 Å². The molecule has 0 bridgehead atoms. The van der Waals surface area contributed by atoms with Gasteiger partial charge in [-0.1, -0.05) is 46.8 Å². The number of hydrogen-bond donors (Lipinski definition) is 0. The molecule has 0 atom stereocenters. The van der Waals surface area contributed by atoms with Crippen LogP contribution in [0.15, 0.2) is 18.2 Å². The Kier molecular flexibility index (Phi) is 5.66. The van der Waals surface area contributed by atoms with E-state index in [2.05, 4.69) is 52.8 Å². The number of carbonyl (C=O) groups excluding carboxylic acids is 1. The van der Waals surface area contributed by atoms with Crippen molar-refractivity contribution in [3.63, 3.8) is 0 Å². The molecule has 0 aliphatic heterocycles. The molecule has 1 nitrogen and oxygen atoms in total. The molecule has 0 amide bonds. The maximum atomic E-state index is 12.3. The zero-order chi connectivity index (χ0) is 14.6. The lowest BCUT2D eigenvalue weighted by atomic mass is 9.84. The predicted molar refractivity (Wildman–Crippen MR) is 86.4 cm³/mol. The van der Waals surface area contributed by atoms with Crippen molar-refractivity contribution < 1.29 is 4.79 Å². The van der Waals surface area contributed by atoms with Gasteiger partial charge in [-0.3, -0.25) is 4.79 Å². The average molecular weight is 278 g/mol. The molecule has 0 fully saturated rings. The van der Waals surface area contributed by atoms with Gasteiger partial charge in [0.2, 0.25) is 0 Å². The number of ketones is 1. The highest BCUT2D eigenvalue weighted by Gasteiger charge is 2.17. The molecule has 0 N–H and O–H groups in total. The first-order chi connectivity index (χ1) is 8.71. The number of aryl methyl sites for hydroxylation is 1. The van der Waals surface area contributed by atoms with Gasteiger partial charge in [0.25, 0.3) is 0 Å². The van der Waals surface area contributed by atoms with Gasteiger partial charge in [0.15, 0.2) is 5.78 Å². The Hall–Kier alpha value is -0.760. The lowest BCUT2D eigenvalue weighted by Crippen LogP contribution is -2.13. The van der Waals surface area contributed by atoms with Gasteiger partial charge in [-0.05, 0) is 34.8 Å². The Morgan fingerprint density at radius 1 is 1.26 bits per heavy atom. The van der Waals surface area contributed by atoms with Gasteiger partial charge in [-0.15, -0.1) is 0 Å². The van der Waals surface area contributed by atoms with E-state index in [4.69, 9.17) is 0 Å². The summed E-state index contributed by atoms with van der Waals surface area (Å²) in [6, 6.07) is 6.29. The summed E-state index contributed by atoms with van der Waals surface area (Å²) in [5.74, 6) is 1.19. The van der Waals surface area contributed by atoms with E-state index in [0.29, 0.717) is 11.7 Å². The number of rotatable bonds is 5. The van der Waals surface area contributed by atoms with Crippen LogP contribution in [0.1, 0.15) is 62.5 Å². The van der Waals surface area contributed by atoms with Crippen LogP contribution in [0.4, 0.5) is 0 Å². The second-order valence-electron chi connectivity index (χ2n) is 6.37. The highest BCUT2D eigenvalue weighted by Crippen LogP contribution is 2.25. The van der Waals surface area contributed by atoms with E-state index in [1.165, 1.54) is 5.56 Å². The Labute approximate surface area is 122 Å². The Morgan fingerprint density at radius 2 is 1.89 bits per heavy atom. The summed E-state index contributed by atoms with van der Waals surface area (Å²) in [5.41, 5.74) is 3.32. The standard InChI is InChI=1S/C17H26OS/c1-12(2)19-10-9-16(18)15-11-14(17(4,5)6)8-7-13(15)3/h7-8,11-12H,9-10H2,1-6H3. The van der Waals surface area contributed by atoms with Gasteiger partial charge in [-0.25, -0.2) is 0 Å². The van der Waals surface area contributed by atoms with Gasteiger partial charge in [0.1, 0.15) is 0 Å². The van der Waals surface area contributed by atoms with Crippen molar-refractivity contribution in [2.75, 3.05) is 5.75 Å². The molecular formula is C17H26OS. The minimum atomic E-state index is 0.0927. The molecule has 0 radical (unpaired) electrons. The molecule has 0 unspecified atom stereocenters. The molecule has 1 aromatic rings. The number of hydrogen-bond acceptors (Lipinski definition) is 2. The molecule has 0 aliphatic rings. The number of benzene rings is 1. The van der Waals surface area contributed by atoms with Gasteiger partial charge in [0.05, 0.1) is 0 Å². The molecule has 2 heteroatoms. The van der Waals surface area contributed by atoms with Crippen LogP contribution in [-0.2, 0) is 5.41 Å². The lowest BCUT2D eigenvalue weighted by Gasteiger charge is -2.20. The van der Waals surface area contributed by atoms with Crippen LogP contribution in [0.3, 0.4) is 0 Å². The first-order valence-corrected chi connectivity index (χ1v) is 8.02. The normalized spacial score (nSPS) is 11.9. The van der Waals surface area contributed by atoms with Crippen molar-refractivity contribution in [3.8, 4) is 0 Å². The maximum absolute atomic E-state index is 12.3. The van der Waals surface area contributed by atoms with E-state index in [9.17, 15) is 4.79 Å². The molecular weight excluding hydrogens is 252 g/mol. The summed E-state index contributed by atoms with van der Waals surface area (Å²) in [6.45, 7) is 12.9. The largest absolute Gasteiger partial charge is 0.294 e. The monoisotopic (exact) mass is 278 g/mol. The number of Topliss-reactive ketones (excluding diaryl/α,β-unsaturated/α-hetero) is 1. The first kappa shape index (κ1) is 16.3. The van der Waals surface area contributed by atoms with E-state index in [-0.39, 0.29) is 11.2 Å².